The second-order valence-electron chi connectivity index (χ2n) is 4.90. The molecule has 0 aromatic heterocycles. The molecule has 18 heavy (non-hydrogen) atoms. The summed E-state index contributed by atoms with van der Waals surface area (Å²) in [6, 6.07) is 8.30. The van der Waals surface area contributed by atoms with E-state index in [1.54, 1.807) is 26.0 Å². The number of carbonyl (C=O) groups is 2. The van der Waals surface area contributed by atoms with Crippen molar-refractivity contribution in [2.75, 3.05) is 0 Å². The van der Waals surface area contributed by atoms with Crippen molar-refractivity contribution in [1.29, 1.82) is 0 Å². The van der Waals surface area contributed by atoms with E-state index in [0.717, 1.165) is 5.56 Å². The van der Waals surface area contributed by atoms with Crippen LogP contribution in [0.25, 0.3) is 0 Å². The molecule has 0 spiro atoms. The molecule has 0 aliphatic carbocycles. The van der Waals surface area contributed by atoms with Gasteiger partial charge in [-0.1, -0.05) is 30.3 Å². The maximum absolute atomic E-state index is 12.0. The van der Waals surface area contributed by atoms with Crippen molar-refractivity contribution in [2.24, 2.45) is 11.5 Å². The van der Waals surface area contributed by atoms with Crippen LogP contribution >= 0.6 is 0 Å². The summed E-state index contributed by atoms with van der Waals surface area (Å²) in [6.45, 7) is 3.46. The Bertz CT molecular complexity index is 429. The summed E-state index contributed by atoms with van der Waals surface area (Å²) < 4.78 is 0. The van der Waals surface area contributed by atoms with Crippen LogP contribution in [0.15, 0.2) is 30.3 Å². The maximum Gasteiger partial charge on any atom is 0.241 e. The molecule has 5 N–H and O–H groups in total. The molecule has 0 saturated heterocycles. The zero-order chi connectivity index (χ0) is 13.8. The molecule has 0 aliphatic heterocycles. The smallest absolute Gasteiger partial charge is 0.241 e. The van der Waals surface area contributed by atoms with Gasteiger partial charge in [0.25, 0.3) is 0 Å². The fourth-order valence-corrected chi connectivity index (χ4v) is 1.70. The Hall–Kier alpha value is -1.88. The second-order valence-corrected chi connectivity index (χ2v) is 4.90. The minimum atomic E-state index is -0.752. The van der Waals surface area contributed by atoms with Gasteiger partial charge in [0, 0.05) is 12.0 Å². The maximum atomic E-state index is 12.0. The van der Waals surface area contributed by atoms with Gasteiger partial charge in [-0.2, -0.15) is 0 Å². The van der Waals surface area contributed by atoms with Gasteiger partial charge in [-0.15, -0.1) is 0 Å². The van der Waals surface area contributed by atoms with Gasteiger partial charge in [-0.05, 0) is 19.4 Å². The summed E-state index contributed by atoms with van der Waals surface area (Å²) in [5.74, 6) is -0.791. The predicted molar refractivity (Wildman–Crippen MR) is 69.4 cm³/mol. The zero-order valence-electron chi connectivity index (χ0n) is 10.6. The average molecular weight is 249 g/mol. The molecule has 0 aliphatic rings. The quantitative estimate of drug-likeness (QED) is 0.706. The Labute approximate surface area is 107 Å². The number of primary amides is 1. The van der Waals surface area contributed by atoms with Crippen LogP contribution in [0.2, 0.25) is 0 Å². The summed E-state index contributed by atoms with van der Waals surface area (Å²) in [6.07, 6.45) is 0.0697. The fourth-order valence-electron chi connectivity index (χ4n) is 1.70. The highest BCUT2D eigenvalue weighted by molar-refractivity contribution is 5.84. The van der Waals surface area contributed by atoms with Crippen molar-refractivity contribution in [3.05, 3.63) is 35.9 Å². The first kappa shape index (κ1) is 14.2. The lowest BCUT2D eigenvalue weighted by molar-refractivity contribution is -0.125. The van der Waals surface area contributed by atoms with E-state index in [1.807, 2.05) is 18.2 Å². The first-order valence-corrected chi connectivity index (χ1v) is 5.73. The van der Waals surface area contributed by atoms with Gasteiger partial charge in [0.2, 0.25) is 11.8 Å². The molecule has 5 nitrogen and oxygen atoms in total. The van der Waals surface area contributed by atoms with Crippen molar-refractivity contribution < 1.29 is 9.59 Å². The SMILES string of the molecule is CC(C)(CC(N)=O)NC(=O)C(N)c1ccccc1. The molecule has 1 aromatic carbocycles. The number of amides is 2. The highest BCUT2D eigenvalue weighted by Crippen LogP contribution is 2.13. The Morgan fingerprint density at radius 3 is 2.33 bits per heavy atom. The van der Waals surface area contributed by atoms with Gasteiger partial charge in [0.05, 0.1) is 0 Å². The molecule has 0 bridgehead atoms. The third-order valence-corrected chi connectivity index (χ3v) is 2.52. The van der Waals surface area contributed by atoms with Crippen LogP contribution in [-0.4, -0.2) is 17.4 Å². The van der Waals surface area contributed by atoms with Crippen molar-refractivity contribution in [3.63, 3.8) is 0 Å². The van der Waals surface area contributed by atoms with Crippen molar-refractivity contribution >= 4 is 11.8 Å². The molecule has 0 heterocycles. The average Bonchev–Trinajstić information content (AvgIpc) is 2.26. The van der Waals surface area contributed by atoms with Crippen LogP contribution in [0, 0.1) is 0 Å². The number of benzene rings is 1. The van der Waals surface area contributed by atoms with Gasteiger partial charge >= 0.3 is 0 Å². The summed E-state index contributed by atoms with van der Waals surface area (Å²) in [5, 5.41) is 2.72. The highest BCUT2D eigenvalue weighted by atomic mass is 16.2. The summed E-state index contributed by atoms with van der Waals surface area (Å²) >= 11 is 0. The van der Waals surface area contributed by atoms with E-state index >= 15 is 0 Å². The van der Waals surface area contributed by atoms with Gasteiger partial charge in [-0.25, -0.2) is 0 Å². The Kier molecular flexibility index (Phi) is 4.44. The summed E-state index contributed by atoms with van der Waals surface area (Å²) in [4.78, 5) is 22.8. The van der Waals surface area contributed by atoms with E-state index in [2.05, 4.69) is 5.32 Å². The number of carbonyl (C=O) groups excluding carboxylic acids is 2. The Morgan fingerprint density at radius 2 is 1.83 bits per heavy atom. The molecule has 0 radical (unpaired) electrons. The molecular formula is C13H19N3O2. The van der Waals surface area contributed by atoms with Crippen molar-refractivity contribution in [1.82, 2.24) is 5.32 Å². The standard InChI is InChI=1S/C13H19N3O2/c1-13(2,8-10(14)17)16-12(18)11(15)9-6-4-3-5-7-9/h3-7,11H,8,15H2,1-2H3,(H2,14,17)(H,16,18). The third kappa shape index (κ3) is 4.18. The largest absolute Gasteiger partial charge is 0.370 e. The normalized spacial score (nSPS) is 12.8. The molecule has 98 valence electrons. The van der Waals surface area contributed by atoms with Crippen LogP contribution < -0.4 is 16.8 Å². The molecule has 5 heteroatoms. The monoisotopic (exact) mass is 249 g/mol. The van der Waals surface area contributed by atoms with E-state index in [9.17, 15) is 9.59 Å². The molecule has 1 unspecified atom stereocenters. The van der Waals surface area contributed by atoms with E-state index in [4.69, 9.17) is 11.5 Å². The molecule has 1 rings (SSSR count). The number of hydrogen-bond acceptors (Lipinski definition) is 3. The third-order valence-electron chi connectivity index (χ3n) is 2.52. The summed E-state index contributed by atoms with van der Waals surface area (Å²) in [5.41, 5.74) is 11.0. The van der Waals surface area contributed by atoms with Crippen LogP contribution in [0.5, 0.6) is 0 Å². The van der Waals surface area contributed by atoms with Crippen LogP contribution in [0.4, 0.5) is 0 Å². The Balaban J connectivity index is 2.68. The lowest BCUT2D eigenvalue weighted by Gasteiger charge is -2.26. The highest BCUT2D eigenvalue weighted by Gasteiger charge is 2.26. The lowest BCUT2D eigenvalue weighted by atomic mass is 9.98. The first-order chi connectivity index (χ1) is 8.32. The van der Waals surface area contributed by atoms with Gasteiger partial charge in [0.15, 0.2) is 0 Å². The summed E-state index contributed by atoms with van der Waals surface area (Å²) in [7, 11) is 0. The first-order valence-electron chi connectivity index (χ1n) is 5.73. The second kappa shape index (κ2) is 5.64. The van der Waals surface area contributed by atoms with Crippen LogP contribution in [-0.2, 0) is 9.59 Å². The molecule has 0 fully saturated rings. The minimum Gasteiger partial charge on any atom is -0.370 e. The number of nitrogens with two attached hydrogens (primary N) is 2. The van der Waals surface area contributed by atoms with E-state index in [0.29, 0.717) is 0 Å². The van der Waals surface area contributed by atoms with Crippen LogP contribution in [0.1, 0.15) is 31.9 Å². The van der Waals surface area contributed by atoms with Crippen LogP contribution in [0.3, 0.4) is 0 Å². The molecule has 1 aromatic rings. The number of nitrogens with one attached hydrogen (secondary N) is 1. The van der Waals surface area contributed by atoms with E-state index in [1.165, 1.54) is 0 Å². The van der Waals surface area contributed by atoms with Crippen molar-refractivity contribution in [2.45, 2.75) is 31.8 Å². The molecule has 0 saturated carbocycles. The zero-order valence-corrected chi connectivity index (χ0v) is 10.6. The Morgan fingerprint density at radius 1 is 1.28 bits per heavy atom. The molecule has 1 atom stereocenters. The molecule has 2 amide bonds. The lowest BCUT2D eigenvalue weighted by Crippen LogP contribution is -2.49. The molecular weight excluding hydrogens is 230 g/mol. The van der Waals surface area contributed by atoms with E-state index < -0.39 is 17.5 Å². The topological polar surface area (TPSA) is 98.2 Å². The number of hydrogen-bond donors (Lipinski definition) is 3. The fraction of sp³-hybridized carbons (Fsp3) is 0.385. The van der Waals surface area contributed by atoms with E-state index in [-0.39, 0.29) is 12.3 Å². The van der Waals surface area contributed by atoms with Crippen molar-refractivity contribution in [3.8, 4) is 0 Å². The minimum absolute atomic E-state index is 0.0697. The van der Waals surface area contributed by atoms with Gasteiger partial charge in [-0.3, -0.25) is 9.59 Å². The van der Waals surface area contributed by atoms with Gasteiger partial charge < -0.3 is 16.8 Å². The predicted octanol–water partition coefficient (Wildman–Crippen LogP) is 0.457. The van der Waals surface area contributed by atoms with Gasteiger partial charge in [0.1, 0.15) is 6.04 Å². The number of rotatable bonds is 5.